The second-order valence-corrected chi connectivity index (χ2v) is 4.74. The smallest absolute Gasteiger partial charge is 0.124 e. The Hall–Kier alpha value is -1.91. The molecule has 0 amide bonds. The number of aliphatic hydroxyl groups excluding tert-OH is 1. The van der Waals surface area contributed by atoms with Crippen molar-refractivity contribution in [2.45, 2.75) is 26.2 Å². The van der Waals surface area contributed by atoms with E-state index in [2.05, 4.69) is 10.3 Å². The average Bonchev–Trinajstić information content (AvgIpc) is 2.47. The molecule has 1 aromatic heterocycles. The number of pyridine rings is 1. The Morgan fingerprint density at radius 2 is 2.10 bits per heavy atom. The molecule has 1 heterocycles. The van der Waals surface area contributed by atoms with Crippen LogP contribution in [0.4, 0.5) is 0 Å². The maximum atomic E-state index is 9.25. The summed E-state index contributed by atoms with van der Waals surface area (Å²) in [4.78, 5) is 4.07. The molecule has 0 radical (unpaired) electrons. The Labute approximate surface area is 119 Å². The van der Waals surface area contributed by atoms with Crippen LogP contribution in [-0.4, -0.2) is 22.7 Å². The molecule has 106 valence electrons. The van der Waals surface area contributed by atoms with Crippen molar-refractivity contribution in [2.24, 2.45) is 0 Å². The third-order valence-corrected chi connectivity index (χ3v) is 2.84. The Kier molecular flexibility index (Phi) is 5.53. The Morgan fingerprint density at radius 1 is 1.25 bits per heavy atom. The normalized spacial score (nSPS) is 12.1. The van der Waals surface area contributed by atoms with Crippen molar-refractivity contribution in [3.05, 3.63) is 59.9 Å². The van der Waals surface area contributed by atoms with Crippen LogP contribution in [0.1, 0.15) is 18.1 Å². The van der Waals surface area contributed by atoms with Crippen LogP contribution < -0.4 is 10.1 Å². The molecule has 0 saturated carbocycles. The largest absolute Gasteiger partial charge is 0.489 e. The molecule has 1 unspecified atom stereocenters. The maximum Gasteiger partial charge on any atom is 0.124 e. The number of rotatable bonds is 7. The van der Waals surface area contributed by atoms with E-state index in [-0.39, 0.29) is 6.10 Å². The molecule has 4 nitrogen and oxygen atoms in total. The van der Waals surface area contributed by atoms with Crippen molar-refractivity contribution in [2.75, 3.05) is 6.54 Å². The van der Waals surface area contributed by atoms with Crippen LogP contribution in [-0.2, 0) is 13.2 Å². The van der Waals surface area contributed by atoms with E-state index in [4.69, 9.17) is 4.74 Å². The van der Waals surface area contributed by atoms with Gasteiger partial charge < -0.3 is 15.2 Å². The number of aromatic nitrogens is 1. The first-order valence-corrected chi connectivity index (χ1v) is 6.74. The van der Waals surface area contributed by atoms with Gasteiger partial charge in [-0.1, -0.05) is 24.3 Å². The Balaban J connectivity index is 1.93. The lowest BCUT2D eigenvalue weighted by atomic mass is 10.2. The summed E-state index contributed by atoms with van der Waals surface area (Å²) in [5, 5.41) is 12.4. The van der Waals surface area contributed by atoms with Gasteiger partial charge in [0.15, 0.2) is 0 Å². The molecule has 0 fully saturated rings. The molecule has 0 saturated heterocycles. The standard InChI is InChI=1S/C16H20N2O2/c1-13(19)9-18-11-15-6-2-3-7-16(15)20-12-14-5-4-8-17-10-14/h2-8,10,13,18-19H,9,11-12H2,1H3. The average molecular weight is 272 g/mol. The van der Waals surface area contributed by atoms with Crippen molar-refractivity contribution in [3.8, 4) is 5.75 Å². The number of aliphatic hydroxyl groups is 1. The second-order valence-electron chi connectivity index (χ2n) is 4.74. The molecule has 0 aliphatic rings. The van der Waals surface area contributed by atoms with Crippen molar-refractivity contribution in [1.29, 1.82) is 0 Å². The van der Waals surface area contributed by atoms with Crippen molar-refractivity contribution < 1.29 is 9.84 Å². The second kappa shape index (κ2) is 7.62. The fraction of sp³-hybridized carbons (Fsp3) is 0.312. The third-order valence-electron chi connectivity index (χ3n) is 2.84. The van der Waals surface area contributed by atoms with E-state index >= 15 is 0 Å². The Morgan fingerprint density at radius 3 is 2.85 bits per heavy atom. The number of hydrogen-bond acceptors (Lipinski definition) is 4. The summed E-state index contributed by atoms with van der Waals surface area (Å²) in [5.74, 6) is 0.856. The van der Waals surface area contributed by atoms with E-state index < -0.39 is 0 Å². The van der Waals surface area contributed by atoms with Gasteiger partial charge in [-0.05, 0) is 19.1 Å². The molecule has 2 N–H and O–H groups in total. The van der Waals surface area contributed by atoms with E-state index in [1.165, 1.54) is 0 Å². The van der Waals surface area contributed by atoms with Crippen LogP contribution >= 0.6 is 0 Å². The SMILES string of the molecule is CC(O)CNCc1ccccc1OCc1cccnc1. The first-order chi connectivity index (χ1) is 9.75. The summed E-state index contributed by atoms with van der Waals surface area (Å²) in [7, 11) is 0. The van der Waals surface area contributed by atoms with E-state index in [0.29, 0.717) is 19.7 Å². The van der Waals surface area contributed by atoms with Gasteiger partial charge in [0, 0.05) is 36.6 Å². The lowest BCUT2D eigenvalue weighted by Crippen LogP contribution is -2.24. The van der Waals surface area contributed by atoms with Crippen molar-refractivity contribution in [1.82, 2.24) is 10.3 Å². The molecular weight excluding hydrogens is 252 g/mol. The molecule has 1 aromatic carbocycles. The highest BCUT2D eigenvalue weighted by molar-refractivity contribution is 5.33. The number of hydrogen-bond donors (Lipinski definition) is 2. The summed E-state index contributed by atoms with van der Waals surface area (Å²) in [6.07, 6.45) is 3.20. The predicted molar refractivity (Wildman–Crippen MR) is 78.4 cm³/mol. The topological polar surface area (TPSA) is 54.4 Å². The molecule has 0 aliphatic carbocycles. The zero-order chi connectivity index (χ0) is 14.2. The molecule has 2 rings (SSSR count). The summed E-state index contributed by atoms with van der Waals surface area (Å²) in [5.41, 5.74) is 2.12. The third kappa shape index (κ3) is 4.64. The van der Waals surface area contributed by atoms with Gasteiger partial charge in [-0.15, -0.1) is 0 Å². The van der Waals surface area contributed by atoms with E-state index in [1.807, 2.05) is 36.4 Å². The molecule has 0 bridgehead atoms. The minimum atomic E-state index is -0.349. The van der Waals surface area contributed by atoms with Gasteiger partial charge in [0.05, 0.1) is 6.10 Å². The summed E-state index contributed by atoms with van der Waals surface area (Å²) in [6.45, 7) is 3.50. The molecule has 2 aromatic rings. The minimum absolute atomic E-state index is 0.349. The molecule has 20 heavy (non-hydrogen) atoms. The minimum Gasteiger partial charge on any atom is -0.489 e. The van der Waals surface area contributed by atoms with E-state index in [0.717, 1.165) is 16.9 Å². The highest BCUT2D eigenvalue weighted by Gasteiger charge is 2.04. The van der Waals surface area contributed by atoms with Crippen LogP contribution in [0.15, 0.2) is 48.8 Å². The number of benzene rings is 1. The van der Waals surface area contributed by atoms with Gasteiger partial charge >= 0.3 is 0 Å². The van der Waals surface area contributed by atoms with E-state index in [1.54, 1.807) is 19.3 Å². The molecule has 1 atom stereocenters. The zero-order valence-electron chi connectivity index (χ0n) is 11.6. The van der Waals surface area contributed by atoms with Gasteiger partial charge in [-0.3, -0.25) is 4.98 Å². The maximum absolute atomic E-state index is 9.25. The van der Waals surface area contributed by atoms with Crippen molar-refractivity contribution in [3.63, 3.8) is 0 Å². The van der Waals surface area contributed by atoms with Gasteiger partial charge in [-0.2, -0.15) is 0 Å². The van der Waals surface area contributed by atoms with Gasteiger partial charge in [0.2, 0.25) is 0 Å². The lowest BCUT2D eigenvalue weighted by molar-refractivity contribution is 0.190. The number of ether oxygens (including phenoxy) is 1. The number of nitrogens with one attached hydrogen (secondary N) is 1. The molecule has 0 aliphatic heterocycles. The van der Waals surface area contributed by atoms with Gasteiger partial charge in [-0.25, -0.2) is 0 Å². The summed E-state index contributed by atoms with van der Waals surface area (Å²) in [6, 6.07) is 11.8. The summed E-state index contributed by atoms with van der Waals surface area (Å²) >= 11 is 0. The van der Waals surface area contributed by atoms with Crippen LogP contribution in [0, 0.1) is 0 Å². The van der Waals surface area contributed by atoms with Crippen molar-refractivity contribution >= 4 is 0 Å². The highest BCUT2D eigenvalue weighted by Crippen LogP contribution is 2.19. The fourth-order valence-corrected chi connectivity index (χ4v) is 1.85. The monoisotopic (exact) mass is 272 g/mol. The number of nitrogens with zero attached hydrogens (tertiary/aromatic N) is 1. The van der Waals surface area contributed by atoms with Crippen LogP contribution in [0.5, 0.6) is 5.75 Å². The Bertz CT molecular complexity index is 515. The summed E-state index contributed by atoms with van der Waals surface area (Å²) < 4.78 is 5.84. The molecule has 4 heteroatoms. The molecule has 0 spiro atoms. The molecular formula is C16H20N2O2. The van der Waals surface area contributed by atoms with Crippen LogP contribution in [0.2, 0.25) is 0 Å². The highest BCUT2D eigenvalue weighted by atomic mass is 16.5. The van der Waals surface area contributed by atoms with Crippen LogP contribution in [0.25, 0.3) is 0 Å². The van der Waals surface area contributed by atoms with Gasteiger partial charge in [0.1, 0.15) is 12.4 Å². The fourth-order valence-electron chi connectivity index (χ4n) is 1.85. The van der Waals surface area contributed by atoms with Gasteiger partial charge in [0.25, 0.3) is 0 Å². The first kappa shape index (κ1) is 14.5. The quantitative estimate of drug-likeness (QED) is 0.810. The van der Waals surface area contributed by atoms with E-state index in [9.17, 15) is 5.11 Å². The lowest BCUT2D eigenvalue weighted by Gasteiger charge is -2.12. The first-order valence-electron chi connectivity index (χ1n) is 6.74. The zero-order valence-corrected chi connectivity index (χ0v) is 11.6. The predicted octanol–water partition coefficient (Wildman–Crippen LogP) is 2.13. The number of para-hydroxylation sites is 1. The van der Waals surface area contributed by atoms with Crippen LogP contribution in [0.3, 0.4) is 0 Å².